The average Bonchev–Trinajstić information content (AvgIpc) is 3.49. The lowest BCUT2D eigenvalue weighted by Gasteiger charge is -2.34. The molecule has 0 saturated carbocycles. The van der Waals surface area contributed by atoms with Gasteiger partial charge < -0.3 is 14.6 Å². The number of fused-ring (bicyclic) bond motifs is 1. The van der Waals surface area contributed by atoms with Crippen LogP contribution >= 0.6 is 0 Å². The monoisotopic (exact) mass is 460 g/mol. The van der Waals surface area contributed by atoms with E-state index in [0.717, 1.165) is 11.9 Å². The van der Waals surface area contributed by atoms with Crippen LogP contribution in [0.15, 0.2) is 71.6 Å². The van der Waals surface area contributed by atoms with Gasteiger partial charge in [0.2, 0.25) is 11.8 Å². The van der Waals surface area contributed by atoms with Crippen molar-refractivity contribution in [1.82, 2.24) is 30.2 Å². The molecule has 1 atom stereocenters. The minimum absolute atomic E-state index is 0.0809. The quantitative estimate of drug-likeness (QED) is 0.410. The molecule has 2 amide bonds. The molecule has 1 aromatic carbocycles. The van der Waals surface area contributed by atoms with Crippen LogP contribution in [0.1, 0.15) is 44.6 Å². The highest BCUT2D eigenvalue weighted by molar-refractivity contribution is 5.89. The number of amides is 2. The number of carbonyl (C=O) groups excluding carboxylic acids is 2. The summed E-state index contributed by atoms with van der Waals surface area (Å²) in [4.78, 5) is 33.0. The zero-order valence-electron chi connectivity index (χ0n) is 19.5. The SMILES string of the molecule is CCC(C)(C)NC(=O)C(c1cccnc1)N(Cc1ccco1)C(=O)Cn1nnc2ccccc21. The van der Waals surface area contributed by atoms with Crippen molar-refractivity contribution in [2.45, 2.75) is 51.9 Å². The van der Waals surface area contributed by atoms with E-state index in [1.807, 2.05) is 45.0 Å². The first-order valence-corrected chi connectivity index (χ1v) is 11.2. The number of carbonyl (C=O) groups is 2. The third-order valence-corrected chi connectivity index (χ3v) is 5.84. The average molecular weight is 461 g/mol. The van der Waals surface area contributed by atoms with E-state index in [0.29, 0.717) is 16.8 Å². The van der Waals surface area contributed by atoms with Gasteiger partial charge in [0, 0.05) is 23.5 Å². The summed E-state index contributed by atoms with van der Waals surface area (Å²) in [5.41, 5.74) is 1.59. The zero-order valence-corrected chi connectivity index (χ0v) is 19.5. The summed E-state index contributed by atoms with van der Waals surface area (Å²) in [6, 6.07) is 13.6. The van der Waals surface area contributed by atoms with Crippen LogP contribution in [0.5, 0.6) is 0 Å². The highest BCUT2D eigenvalue weighted by atomic mass is 16.3. The Morgan fingerprint density at radius 1 is 1.15 bits per heavy atom. The first kappa shape index (κ1) is 23.2. The van der Waals surface area contributed by atoms with E-state index < -0.39 is 11.6 Å². The number of furan rings is 1. The molecule has 0 bridgehead atoms. The van der Waals surface area contributed by atoms with Crippen molar-refractivity contribution in [1.29, 1.82) is 0 Å². The topological polar surface area (TPSA) is 106 Å². The van der Waals surface area contributed by atoms with Crippen molar-refractivity contribution >= 4 is 22.8 Å². The molecule has 4 rings (SSSR count). The molecule has 0 spiro atoms. The van der Waals surface area contributed by atoms with Crippen LogP contribution in [-0.2, 0) is 22.7 Å². The van der Waals surface area contributed by atoms with Crippen LogP contribution in [0.4, 0.5) is 0 Å². The molecular weight excluding hydrogens is 432 g/mol. The minimum Gasteiger partial charge on any atom is -0.467 e. The summed E-state index contributed by atoms with van der Waals surface area (Å²) < 4.78 is 7.07. The number of hydrogen-bond donors (Lipinski definition) is 1. The third-order valence-electron chi connectivity index (χ3n) is 5.84. The molecule has 0 aliphatic rings. The second-order valence-electron chi connectivity index (χ2n) is 8.75. The summed E-state index contributed by atoms with van der Waals surface area (Å²) in [6.07, 6.45) is 5.52. The molecule has 0 fully saturated rings. The Bertz CT molecular complexity index is 1250. The van der Waals surface area contributed by atoms with Gasteiger partial charge in [-0.15, -0.1) is 5.10 Å². The highest BCUT2D eigenvalue weighted by Gasteiger charge is 2.35. The van der Waals surface area contributed by atoms with Gasteiger partial charge >= 0.3 is 0 Å². The molecule has 9 nitrogen and oxygen atoms in total. The lowest BCUT2D eigenvalue weighted by atomic mass is 9.99. The molecule has 0 aliphatic heterocycles. The summed E-state index contributed by atoms with van der Waals surface area (Å²) in [5, 5.41) is 11.4. The lowest BCUT2D eigenvalue weighted by Crippen LogP contribution is -2.50. The maximum Gasteiger partial charge on any atom is 0.247 e. The van der Waals surface area contributed by atoms with Gasteiger partial charge in [-0.25, -0.2) is 4.68 Å². The molecule has 1 unspecified atom stereocenters. The van der Waals surface area contributed by atoms with Gasteiger partial charge in [-0.3, -0.25) is 14.6 Å². The third kappa shape index (κ3) is 5.14. The Morgan fingerprint density at radius 2 is 1.97 bits per heavy atom. The van der Waals surface area contributed by atoms with Crippen molar-refractivity contribution in [3.05, 3.63) is 78.5 Å². The first-order valence-electron chi connectivity index (χ1n) is 11.2. The van der Waals surface area contributed by atoms with Gasteiger partial charge in [0.1, 0.15) is 23.9 Å². The fourth-order valence-corrected chi connectivity index (χ4v) is 3.65. The number of nitrogens with one attached hydrogen (secondary N) is 1. The summed E-state index contributed by atoms with van der Waals surface area (Å²) in [5.74, 6) is -0.0261. The molecule has 0 saturated heterocycles. The Morgan fingerprint density at radius 3 is 2.68 bits per heavy atom. The summed E-state index contributed by atoms with van der Waals surface area (Å²) in [6.45, 7) is 5.93. The van der Waals surface area contributed by atoms with Crippen molar-refractivity contribution in [3.8, 4) is 0 Å². The van der Waals surface area contributed by atoms with Crippen LogP contribution in [-0.4, -0.2) is 42.2 Å². The van der Waals surface area contributed by atoms with Crippen LogP contribution in [0, 0.1) is 0 Å². The van der Waals surface area contributed by atoms with Gasteiger partial charge in [0.25, 0.3) is 0 Å². The van der Waals surface area contributed by atoms with Crippen molar-refractivity contribution in [2.24, 2.45) is 0 Å². The molecule has 34 heavy (non-hydrogen) atoms. The second-order valence-corrected chi connectivity index (χ2v) is 8.75. The normalized spacial score (nSPS) is 12.4. The number of benzene rings is 1. The number of aromatic nitrogens is 4. The predicted molar refractivity (Wildman–Crippen MR) is 126 cm³/mol. The van der Waals surface area contributed by atoms with E-state index >= 15 is 0 Å². The van der Waals surface area contributed by atoms with Gasteiger partial charge in [0.05, 0.1) is 18.3 Å². The zero-order chi connectivity index (χ0) is 24.1. The number of rotatable bonds is 9. The summed E-state index contributed by atoms with van der Waals surface area (Å²) in [7, 11) is 0. The fourth-order valence-electron chi connectivity index (χ4n) is 3.65. The van der Waals surface area contributed by atoms with Crippen LogP contribution in [0.2, 0.25) is 0 Å². The fraction of sp³-hybridized carbons (Fsp3) is 0.320. The molecule has 3 aromatic heterocycles. The molecular formula is C25H28N6O3. The Balaban J connectivity index is 1.72. The van der Waals surface area contributed by atoms with E-state index in [9.17, 15) is 9.59 Å². The van der Waals surface area contributed by atoms with Crippen LogP contribution in [0.3, 0.4) is 0 Å². The van der Waals surface area contributed by atoms with Crippen molar-refractivity contribution < 1.29 is 14.0 Å². The largest absolute Gasteiger partial charge is 0.467 e. The smallest absolute Gasteiger partial charge is 0.247 e. The van der Waals surface area contributed by atoms with E-state index in [2.05, 4.69) is 20.6 Å². The van der Waals surface area contributed by atoms with E-state index in [1.54, 1.807) is 47.6 Å². The Kier molecular flexibility index (Phi) is 6.72. The minimum atomic E-state index is -0.910. The lowest BCUT2D eigenvalue weighted by molar-refractivity contribution is -0.143. The molecule has 176 valence electrons. The standard InChI is InChI=1S/C25H28N6O3/c1-4-25(2,3)27-24(33)23(18-9-7-13-26-15-18)30(16-19-10-8-14-34-19)22(32)17-31-21-12-6-5-11-20(21)28-29-31/h5-15,23H,4,16-17H2,1-3H3,(H,27,33). The molecule has 3 heterocycles. The molecule has 0 radical (unpaired) electrons. The first-order chi connectivity index (χ1) is 16.4. The number of pyridine rings is 1. The molecule has 9 heteroatoms. The number of nitrogens with zero attached hydrogens (tertiary/aromatic N) is 5. The second kappa shape index (κ2) is 9.86. The maximum atomic E-state index is 13.7. The Labute approximate surface area is 197 Å². The van der Waals surface area contributed by atoms with E-state index in [-0.39, 0.29) is 24.9 Å². The van der Waals surface area contributed by atoms with Crippen LogP contribution in [0.25, 0.3) is 11.0 Å². The van der Waals surface area contributed by atoms with Crippen LogP contribution < -0.4 is 5.32 Å². The van der Waals surface area contributed by atoms with E-state index in [4.69, 9.17) is 4.42 Å². The molecule has 0 aliphatic carbocycles. The van der Waals surface area contributed by atoms with Gasteiger partial charge in [-0.1, -0.05) is 30.3 Å². The summed E-state index contributed by atoms with van der Waals surface area (Å²) >= 11 is 0. The highest BCUT2D eigenvalue weighted by Crippen LogP contribution is 2.25. The van der Waals surface area contributed by atoms with Gasteiger partial charge in [-0.2, -0.15) is 0 Å². The van der Waals surface area contributed by atoms with Crippen molar-refractivity contribution in [3.63, 3.8) is 0 Å². The number of hydrogen-bond acceptors (Lipinski definition) is 6. The molecule has 1 N–H and O–H groups in total. The van der Waals surface area contributed by atoms with E-state index in [1.165, 1.54) is 4.90 Å². The predicted octanol–water partition coefficient (Wildman–Crippen LogP) is 3.49. The number of para-hydroxylation sites is 1. The maximum absolute atomic E-state index is 13.7. The van der Waals surface area contributed by atoms with Gasteiger partial charge in [-0.05, 0) is 50.6 Å². The van der Waals surface area contributed by atoms with Gasteiger partial charge in [0.15, 0.2) is 0 Å². The van der Waals surface area contributed by atoms with Crippen molar-refractivity contribution in [2.75, 3.05) is 0 Å². The molecule has 4 aromatic rings. The Hall–Kier alpha value is -4.01.